The molecule has 0 spiro atoms. The fraction of sp³-hybridized carbons (Fsp3) is 0.429. The summed E-state index contributed by atoms with van der Waals surface area (Å²) in [6.07, 6.45) is 2.92. The van der Waals surface area contributed by atoms with Gasteiger partial charge in [0, 0.05) is 29.8 Å². The van der Waals surface area contributed by atoms with E-state index >= 15 is 0 Å². The van der Waals surface area contributed by atoms with Crippen molar-refractivity contribution >= 4 is 45.8 Å². The van der Waals surface area contributed by atoms with Gasteiger partial charge in [-0.15, -0.1) is 21.8 Å². The average Bonchev–Trinajstić information content (AvgIpc) is 3.63. The Balaban J connectivity index is 1.33. The molecule has 12 heteroatoms. The number of alkyl halides is 1. The molecule has 2 aliphatic rings. The van der Waals surface area contributed by atoms with E-state index < -0.39 is 6.09 Å². The lowest BCUT2D eigenvalue weighted by atomic mass is 9.82. The number of unbranched alkanes of at least 4 members (excludes halogenated alkanes) is 1. The predicted octanol–water partition coefficient (Wildman–Crippen LogP) is 5.13. The van der Waals surface area contributed by atoms with Crippen LogP contribution in [0.5, 0.6) is 0 Å². The van der Waals surface area contributed by atoms with E-state index in [1.165, 1.54) is 23.5 Å². The molecule has 5 rings (SSSR count). The Morgan fingerprint density at radius 3 is 2.83 bits per heavy atom. The van der Waals surface area contributed by atoms with Gasteiger partial charge in [-0.25, -0.2) is 14.1 Å². The number of aromatic nitrogens is 2. The molecule has 2 aromatic carbocycles. The van der Waals surface area contributed by atoms with Gasteiger partial charge in [0.05, 0.1) is 24.4 Å². The van der Waals surface area contributed by atoms with Crippen LogP contribution in [0.2, 0.25) is 0 Å². The minimum Gasteiger partial charge on any atom is -0.449 e. The van der Waals surface area contributed by atoms with E-state index in [4.69, 9.17) is 16.3 Å². The highest BCUT2D eigenvalue weighted by Gasteiger charge is 2.46. The van der Waals surface area contributed by atoms with Crippen molar-refractivity contribution in [3.05, 3.63) is 59.9 Å². The monoisotopic (exact) mass is 586 g/mol. The molecule has 4 atom stereocenters. The summed E-state index contributed by atoms with van der Waals surface area (Å²) in [4.78, 5) is 27.5. The third kappa shape index (κ3) is 6.60. The highest BCUT2D eigenvalue weighted by Crippen LogP contribution is 2.38. The fourth-order valence-electron chi connectivity index (χ4n) is 5.13. The number of hydrazine groups is 1. The predicted molar refractivity (Wildman–Crippen MR) is 154 cm³/mol. The first-order valence-electron chi connectivity index (χ1n) is 13.5. The molecule has 1 saturated heterocycles. The highest BCUT2D eigenvalue weighted by molar-refractivity contribution is 7.18. The molecule has 1 aromatic heterocycles. The zero-order valence-corrected chi connectivity index (χ0v) is 23.7. The van der Waals surface area contributed by atoms with Crippen LogP contribution in [0.3, 0.4) is 0 Å². The Morgan fingerprint density at radius 2 is 2.02 bits per heavy atom. The second-order valence-electron chi connectivity index (χ2n) is 10.0. The number of halogens is 2. The zero-order valence-electron chi connectivity index (χ0n) is 22.1. The number of fused-ring (bicyclic) bond motifs is 1. The van der Waals surface area contributed by atoms with Crippen molar-refractivity contribution in [3.63, 3.8) is 0 Å². The first-order valence-corrected chi connectivity index (χ1v) is 14.7. The number of amides is 2. The third-order valence-electron chi connectivity index (χ3n) is 7.24. The Labute approximate surface area is 241 Å². The summed E-state index contributed by atoms with van der Waals surface area (Å²) >= 11 is 8.24. The van der Waals surface area contributed by atoms with Gasteiger partial charge in [0.15, 0.2) is 0 Å². The topological polar surface area (TPSA) is 108 Å². The Morgan fingerprint density at radius 1 is 1.20 bits per heavy atom. The number of nitrogens with one attached hydrogen (secondary N) is 3. The lowest BCUT2D eigenvalue weighted by Crippen LogP contribution is -2.54. The molecule has 9 nitrogen and oxygen atoms in total. The standard InChI is InChI=1S/C28H32ClFN6O3S/c1-2-3-13-39-28(38)36(23-12-11-22-21(25(23)29)16-31-33-22)27-35-34-26(40-27)18-5-4-6-20(15-18)32-24(37)14-17-7-9-19(30)10-8-17/h4-10,15,21-23,25,31,33H,2-3,11-14,16H2,1H3,(H,32,37). The number of nitrogens with zero attached hydrogens (tertiary/aromatic N) is 3. The van der Waals surface area contributed by atoms with Crippen LogP contribution in [0.4, 0.5) is 20.0 Å². The van der Waals surface area contributed by atoms with Gasteiger partial charge < -0.3 is 10.1 Å². The van der Waals surface area contributed by atoms with E-state index in [9.17, 15) is 14.0 Å². The maximum Gasteiger partial charge on any atom is 0.416 e. The number of anilines is 2. The number of hydrogen-bond donors (Lipinski definition) is 3. The Hall–Kier alpha value is -3.12. The van der Waals surface area contributed by atoms with Crippen molar-refractivity contribution in [2.75, 3.05) is 23.4 Å². The van der Waals surface area contributed by atoms with Gasteiger partial charge in [-0.3, -0.25) is 15.6 Å². The largest absolute Gasteiger partial charge is 0.449 e. The Bertz CT molecular complexity index is 1330. The summed E-state index contributed by atoms with van der Waals surface area (Å²) in [6.45, 7) is 3.10. The van der Waals surface area contributed by atoms with Crippen LogP contribution in [-0.4, -0.2) is 52.8 Å². The van der Waals surface area contributed by atoms with E-state index in [0.717, 1.165) is 31.4 Å². The minimum atomic E-state index is -0.467. The molecular formula is C28H32ClFN6O3S. The zero-order chi connectivity index (χ0) is 28.1. The van der Waals surface area contributed by atoms with Gasteiger partial charge in [0.1, 0.15) is 10.8 Å². The summed E-state index contributed by atoms with van der Waals surface area (Å²) in [6, 6.07) is 13.1. The van der Waals surface area contributed by atoms with Crippen LogP contribution in [0.25, 0.3) is 10.6 Å². The maximum absolute atomic E-state index is 13.3. The summed E-state index contributed by atoms with van der Waals surface area (Å²) in [7, 11) is 0. The third-order valence-corrected chi connectivity index (χ3v) is 8.82. The lowest BCUT2D eigenvalue weighted by molar-refractivity contribution is -0.115. The van der Waals surface area contributed by atoms with Crippen molar-refractivity contribution in [2.24, 2.45) is 5.92 Å². The van der Waals surface area contributed by atoms with Crippen LogP contribution in [-0.2, 0) is 16.0 Å². The quantitative estimate of drug-likeness (QED) is 0.236. The second-order valence-corrected chi connectivity index (χ2v) is 11.5. The van der Waals surface area contributed by atoms with Crippen LogP contribution >= 0.6 is 22.9 Å². The normalized spacial score (nSPS) is 22.0. The molecule has 0 bridgehead atoms. The van der Waals surface area contributed by atoms with Crippen molar-refractivity contribution in [2.45, 2.75) is 56.5 Å². The lowest BCUT2D eigenvalue weighted by Gasteiger charge is -2.40. The van der Waals surface area contributed by atoms with E-state index in [1.807, 2.05) is 25.1 Å². The van der Waals surface area contributed by atoms with E-state index in [0.29, 0.717) is 34.4 Å². The molecule has 40 heavy (non-hydrogen) atoms. The van der Waals surface area contributed by atoms with Gasteiger partial charge in [0.25, 0.3) is 0 Å². The summed E-state index contributed by atoms with van der Waals surface area (Å²) in [5, 5.41) is 12.4. The molecule has 0 radical (unpaired) electrons. The molecule has 212 valence electrons. The summed E-state index contributed by atoms with van der Waals surface area (Å²) < 4.78 is 18.8. The molecule has 1 saturated carbocycles. The number of ether oxygens (including phenoxy) is 1. The molecule has 3 N–H and O–H groups in total. The second kappa shape index (κ2) is 13.0. The summed E-state index contributed by atoms with van der Waals surface area (Å²) in [5.41, 5.74) is 8.52. The molecule has 2 amide bonds. The first kappa shape index (κ1) is 28.4. The first-order chi connectivity index (χ1) is 19.4. The van der Waals surface area contributed by atoms with Crippen molar-refractivity contribution < 1.29 is 18.7 Å². The molecule has 2 heterocycles. The molecular weight excluding hydrogens is 555 g/mol. The van der Waals surface area contributed by atoms with E-state index in [2.05, 4.69) is 26.4 Å². The van der Waals surface area contributed by atoms with Gasteiger partial charge >= 0.3 is 6.09 Å². The van der Waals surface area contributed by atoms with Crippen LogP contribution in [0.15, 0.2) is 48.5 Å². The smallest absolute Gasteiger partial charge is 0.416 e. The SMILES string of the molecule is CCCCOC(=O)N(c1nnc(-c2cccc(NC(=O)Cc3ccc(F)cc3)c2)s1)C1CCC2NNCC2C1Cl. The molecule has 3 aromatic rings. The van der Waals surface area contributed by atoms with Crippen molar-refractivity contribution in [3.8, 4) is 10.6 Å². The number of hydrogen-bond acceptors (Lipinski definition) is 8. The number of rotatable bonds is 9. The number of carbonyl (C=O) groups excluding carboxylic acids is 2. The van der Waals surface area contributed by atoms with Gasteiger partial charge in [-0.2, -0.15) is 0 Å². The average molecular weight is 587 g/mol. The van der Waals surface area contributed by atoms with Gasteiger partial charge in [-0.1, -0.05) is 48.9 Å². The summed E-state index contributed by atoms with van der Waals surface area (Å²) in [5.74, 6) is -0.390. The van der Waals surface area contributed by atoms with Gasteiger partial charge in [0.2, 0.25) is 11.0 Å². The van der Waals surface area contributed by atoms with Gasteiger partial charge in [-0.05, 0) is 49.1 Å². The highest BCUT2D eigenvalue weighted by atomic mass is 35.5. The fourth-order valence-corrected chi connectivity index (χ4v) is 6.52. The van der Waals surface area contributed by atoms with Crippen molar-refractivity contribution in [1.82, 2.24) is 21.0 Å². The minimum absolute atomic E-state index is 0.121. The van der Waals surface area contributed by atoms with E-state index in [-0.39, 0.29) is 41.5 Å². The van der Waals surface area contributed by atoms with Crippen LogP contribution in [0, 0.1) is 11.7 Å². The van der Waals surface area contributed by atoms with Crippen LogP contribution < -0.4 is 21.1 Å². The van der Waals surface area contributed by atoms with Crippen LogP contribution in [0.1, 0.15) is 38.2 Å². The maximum atomic E-state index is 13.3. The molecule has 1 aliphatic heterocycles. The van der Waals surface area contributed by atoms with E-state index in [1.54, 1.807) is 23.1 Å². The number of carbonyl (C=O) groups is 2. The molecule has 2 fully saturated rings. The molecule has 4 unspecified atom stereocenters. The molecule has 1 aliphatic carbocycles. The Kier molecular flexibility index (Phi) is 9.25. The van der Waals surface area contributed by atoms with Crippen molar-refractivity contribution in [1.29, 1.82) is 0 Å². The number of benzene rings is 2.